The normalized spacial score (nSPS) is 19.5. The lowest BCUT2D eigenvalue weighted by atomic mass is 9.71. The molecule has 1 aromatic rings. The van der Waals surface area contributed by atoms with E-state index in [2.05, 4.69) is 5.32 Å². The number of nitrogens with two attached hydrogens (primary N) is 1. The van der Waals surface area contributed by atoms with E-state index in [4.69, 9.17) is 5.73 Å². The molecule has 0 aliphatic heterocycles. The number of hydrogen-bond donors (Lipinski definition) is 3. The summed E-state index contributed by atoms with van der Waals surface area (Å²) in [7, 11) is 0. The average molecular weight is 296 g/mol. The van der Waals surface area contributed by atoms with Gasteiger partial charge in [0.25, 0.3) is 0 Å². The molecule has 1 atom stereocenters. The highest BCUT2D eigenvalue weighted by Crippen LogP contribution is 2.38. The third-order valence-electron chi connectivity index (χ3n) is 4.30. The van der Waals surface area contributed by atoms with Gasteiger partial charge in [-0.05, 0) is 47.2 Å². The van der Waals surface area contributed by atoms with Gasteiger partial charge in [0, 0.05) is 13.0 Å². The van der Waals surface area contributed by atoms with E-state index in [0.717, 1.165) is 18.4 Å². The van der Waals surface area contributed by atoms with Gasteiger partial charge in [0.2, 0.25) is 5.91 Å². The highest BCUT2D eigenvalue weighted by atomic mass is 32.1. The lowest BCUT2D eigenvalue weighted by molar-refractivity contribution is -0.124. The Bertz CT molecular complexity index is 414. The van der Waals surface area contributed by atoms with E-state index >= 15 is 0 Å². The predicted octanol–water partition coefficient (Wildman–Crippen LogP) is 2.20. The zero-order valence-electron chi connectivity index (χ0n) is 11.8. The van der Waals surface area contributed by atoms with Crippen molar-refractivity contribution >= 4 is 17.2 Å². The Kier molecular flexibility index (Phi) is 5.57. The molecule has 4 nitrogen and oxygen atoms in total. The number of carbonyl (C=O) groups is 1. The van der Waals surface area contributed by atoms with Gasteiger partial charge in [-0.3, -0.25) is 4.79 Å². The maximum Gasteiger partial charge on any atom is 0.220 e. The van der Waals surface area contributed by atoms with Crippen LogP contribution in [0.3, 0.4) is 0 Å². The fraction of sp³-hybridized carbons (Fsp3) is 0.667. The molecule has 5 heteroatoms. The van der Waals surface area contributed by atoms with Crippen molar-refractivity contribution in [1.29, 1.82) is 0 Å². The minimum absolute atomic E-state index is 0.00614. The number of nitrogens with one attached hydrogen (secondary N) is 1. The fourth-order valence-electron chi connectivity index (χ4n) is 2.95. The van der Waals surface area contributed by atoms with Crippen LogP contribution in [0, 0.1) is 5.41 Å². The number of carbonyl (C=O) groups excluding carboxylic acids is 1. The first-order chi connectivity index (χ1) is 9.65. The third-order valence-corrected chi connectivity index (χ3v) is 5.00. The smallest absolute Gasteiger partial charge is 0.220 e. The van der Waals surface area contributed by atoms with Gasteiger partial charge in [-0.25, -0.2) is 0 Å². The summed E-state index contributed by atoms with van der Waals surface area (Å²) in [6, 6.07) is 1.88. The van der Waals surface area contributed by atoms with Gasteiger partial charge in [-0.15, -0.1) is 0 Å². The molecule has 4 N–H and O–H groups in total. The molecule has 1 aliphatic rings. The molecule has 1 fully saturated rings. The second-order valence-corrected chi connectivity index (χ2v) is 6.60. The number of amides is 1. The Morgan fingerprint density at radius 1 is 1.45 bits per heavy atom. The van der Waals surface area contributed by atoms with Crippen LogP contribution in [0.2, 0.25) is 0 Å². The van der Waals surface area contributed by atoms with Crippen molar-refractivity contribution in [1.82, 2.24) is 5.32 Å². The van der Waals surface area contributed by atoms with Crippen LogP contribution in [0.15, 0.2) is 16.8 Å². The minimum Gasteiger partial charge on any atom is -0.387 e. The highest BCUT2D eigenvalue weighted by Gasteiger charge is 2.32. The van der Waals surface area contributed by atoms with E-state index in [1.807, 2.05) is 16.8 Å². The van der Waals surface area contributed by atoms with Crippen LogP contribution in [0.25, 0.3) is 0 Å². The van der Waals surface area contributed by atoms with E-state index in [-0.39, 0.29) is 17.9 Å². The standard InChI is InChI=1S/C15H24N2O2S/c16-11-15(5-2-1-3-6-15)8-14(19)17-9-13(18)12-4-7-20-10-12/h4,7,10,13,18H,1-3,5-6,8-9,11,16H2,(H,17,19). The van der Waals surface area contributed by atoms with Crippen LogP contribution < -0.4 is 11.1 Å². The molecule has 1 heterocycles. The van der Waals surface area contributed by atoms with Crippen molar-refractivity contribution in [3.63, 3.8) is 0 Å². The van der Waals surface area contributed by atoms with Crippen molar-refractivity contribution in [3.8, 4) is 0 Å². The first-order valence-electron chi connectivity index (χ1n) is 7.32. The number of rotatable bonds is 6. The van der Waals surface area contributed by atoms with Crippen LogP contribution in [0.5, 0.6) is 0 Å². The van der Waals surface area contributed by atoms with Crippen molar-refractivity contribution < 1.29 is 9.90 Å². The van der Waals surface area contributed by atoms with Crippen LogP contribution in [-0.4, -0.2) is 24.1 Å². The van der Waals surface area contributed by atoms with Gasteiger partial charge < -0.3 is 16.2 Å². The van der Waals surface area contributed by atoms with E-state index < -0.39 is 6.10 Å². The largest absolute Gasteiger partial charge is 0.387 e. The summed E-state index contributed by atoms with van der Waals surface area (Å²) in [6.07, 6.45) is 5.54. The molecular formula is C15H24N2O2S. The monoisotopic (exact) mass is 296 g/mol. The molecule has 0 spiro atoms. The van der Waals surface area contributed by atoms with Crippen molar-refractivity contribution in [2.45, 2.75) is 44.6 Å². The summed E-state index contributed by atoms with van der Waals surface area (Å²) in [4.78, 5) is 12.1. The lowest BCUT2D eigenvalue weighted by Crippen LogP contribution is -2.39. The van der Waals surface area contributed by atoms with Crippen LogP contribution >= 0.6 is 11.3 Å². The molecule has 0 radical (unpaired) electrons. The zero-order chi connectivity index (χ0) is 14.4. The van der Waals surface area contributed by atoms with Crippen LogP contribution in [0.1, 0.15) is 50.2 Å². The molecule has 1 unspecified atom stereocenters. The number of hydrogen-bond acceptors (Lipinski definition) is 4. The second kappa shape index (κ2) is 7.20. The van der Waals surface area contributed by atoms with Gasteiger partial charge in [0.15, 0.2) is 0 Å². The number of aliphatic hydroxyl groups excluding tert-OH is 1. The van der Waals surface area contributed by atoms with Gasteiger partial charge >= 0.3 is 0 Å². The lowest BCUT2D eigenvalue weighted by Gasteiger charge is -2.35. The maximum absolute atomic E-state index is 12.1. The Morgan fingerprint density at radius 2 is 2.20 bits per heavy atom. The summed E-state index contributed by atoms with van der Waals surface area (Å²) < 4.78 is 0. The molecule has 20 heavy (non-hydrogen) atoms. The van der Waals surface area contributed by atoms with E-state index in [1.165, 1.54) is 19.3 Å². The van der Waals surface area contributed by atoms with Gasteiger partial charge in [0.05, 0.1) is 6.10 Å². The Morgan fingerprint density at radius 3 is 2.80 bits per heavy atom. The number of aliphatic hydroxyl groups is 1. The number of thiophene rings is 1. The average Bonchev–Trinajstić information content (AvgIpc) is 3.00. The molecule has 1 aliphatic carbocycles. The van der Waals surface area contributed by atoms with Crippen molar-refractivity contribution in [3.05, 3.63) is 22.4 Å². The van der Waals surface area contributed by atoms with Crippen LogP contribution in [0.4, 0.5) is 0 Å². The zero-order valence-corrected chi connectivity index (χ0v) is 12.6. The topological polar surface area (TPSA) is 75.4 Å². The summed E-state index contributed by atoms with van der Waals surface area (Å²) >= 11 is 1.54. The Labute approximate surface area is 124 Å². The summed E-state index contributed by atoms with van der Waals surface area (Å²) in [5.41, 5.74) is 6.74. The molecular weight excluding hydrogens is 272 g/mol. The Hall–Kier alpha value is -0.910. The van der Waals surface area contributed by atoms with Crippen molar-refractivity contribution in [2.75, 3.05) is 13.1 Å². The summed E-state index contributed by atoms with van der Waals surface area (Å²) in [6.45, 7) is 0.851. The molecule has 0 aromatic carbocycles. The maximum atomic E-state index is 12.1. The highest BCUT2D eigenvalue weighted by molar-refractivity contribution is 7.07. The SMILES string of the molecule is NCC1(CC(=O)NCC(O)c2ccsc2)CCCCC1. The van der Waals surface area contributed by atoms with Crippen molar-refractivity contribution in [2.24, 2.45) is 11.1 Å². The van der Waals surface area contributed by atoms with Crippen LogP contribution in [-0.2, 0) is 4.79 Å². The van der Waals surface area contributed by atoms with Gasteiger partial charge in [-0.1, -0.05) is 19.3 Å². The van der Waals surface area contributed by atoms with E-state index in [9.17, 15) is 9.90 Å². The second-order valence-electron chi connectivity index (χ2n) is 5.82. The summed E-state index contributed by atoms with van der Waals surface area (Å²) in [5.74, 6) is 0.00614. The molecule has 0 bridgehead atoms. The summed E-state index contributed by atoms with van der Waals surface area (Å²) in [5, 5.41) is 16.6. The molecule has 1 amide bonds. The Balaban J connectivity index is 1.79. The van der Waals surface area contributed by atoms with E-state index in [1.54, 1.807) is 11.3 Å². The fourth-order valence-corrected chi connectivity index (χ4v) is 3.66. The third kappa shape index (κ3) is 4.04. The van der Waals surface area contributed by atoms with E-state index in [0.29, 0.717) is 13.0 Å². The molecule has 1 aromatic heterocycles. The van der Waals surface area contributed by atoms with Gasteiger partial charge in [-0.2, -0.15) is 11.3 Å². The first kappa shape index (κ1) is 15.5. The predicted molar refractivity (Wildman–Crippen MR) is 81.5 cm³/mol. The minimum atomic E-state index is -0.620. The molecule has 0 saturated heterocycles. The molecule has 112 valence electrons. The first-order valence-corrected chi connectivity index (χ1v) is 8.26. The molecule has 1 saturated carbocycles. The quantitative estimate of drug-likeness (QED) is 0.753. The van der Waals surface area contributed by atoms with Gasteiger partial charge in [0.1, 0.15) is 0 Å². The molecule has 2 rings (SSSR count).